The van der Waals surface area contributed by atoms with E-state index in [2.05, 4.69) is 0 Å². The molecule has 0 radical (unpaired) electrons. The summed E-state index contributed by atoms with van der Waals surface area (Å²) in [5.41, 5.74) is 0.365. The second-order valence-corrected chi connectivity index (χ2v) is 3.53. The van der Waals surface area contributed by atoms with Crippen molar-refractivity contribution in [1.29, 1.82) is 0 Å². The number of nitrogens with zero attached hydrogens (tertiary/aromatic N) is 1. The lowest BCUT2D eigenvalue weighted by atomic mass is 9.96. The van der Waals surface area contributed by atoms with Crippen LogP contribution in [-0.2, 0) is 9.59 Å². The molecule has 6 nitrogen and oxygen atoms in total. The van der Waals surface area contributed by atoms with E-state index in [0.717, 1.165) is 0 Å². The SMILES string of the molecule is N.O=C(c1ccccc1)C1CC(=O)N(O)C1=O. The van der Waals surface area contributed by atoms with Gasteiger partial charge in [-0.15, -0.1) is 0 Å². The van der Waals surface area contributed by atoms with Crippen molar-refractivity contribution >= 4 is 17.6 Å². The van der Waals surface area contributed by atoms with Crippen molar-refractivity contribution in [3.05, 3.63) is 35.9 Å². The molecule has 1 fully saturated rings. The summed E-state index contributed by atoms with van der Waals surface area (Å²) in [5.74, 6) is -3.10. The zero-order chi connectivity index (χ0) is 11.7. The number of hydrogen-bond donors (Lipinski definition) is 2. The number of Topliss-reactive ketones (excluding diaryl/α,β-unsaturated/α-hetero) is 1. The molecule has 2 rings (SSSR count). The van der Waals surface area contributed by atoms with Crippen LogP contribution in [0, 0.1) is 5.92 Å². The molecule has 4 N–H and O–H groups in total. The lowest BCUT2D eigenvalue weighted by Crippen LogP contribution is -2.29. The molecule has 90 valence electrons. The summed E-state index contributed by atoms with van der Waals surface area (Å²) >= 11 is 0. The number of carbonyl (C=O) groups excluding carboxylic acids is 3. The van der Waals surface area contributed by atoms with Crippen LogP contribution in [-0.4, -0.2) is 27.9 Å². The van der Waals surface area contributed by atoms with Gasteiger partial charge in [0.1, 0.15) is 5.92 Å². The van der Waals surface area contributed by atoms with Crippen LogP contribution in [0.2, 0.25) is 0 Å². The van der Waals surface area contributed by atoms with Crippen molar-refractivity contribution < 1.29 is 19.6 Å². The first-order chi connectivity index (χ1) is 7.61. The summed E-state index contributed by atoms with van der Waals surface area (Å²) in [4.78, 5) is 34.2. The highest BCUT2D eigenvalue weighted by Crippen LogP contribution is 2.21. The third-order valence-electron chi connectivity index (χ3n) is 2.50. The fourth-order valence-electron chi connectivity index (χ4n) is 1.63. The highest BCUT2D eigenvalue weighted by Gasteiger charge is 2.42. The Morgan fingerprint density at radius 1 is 1.24 bits per heavy atom. The molecule has 1 aliphatic rings. The molecular weight excluding hydrogens is 224 g/mol. The standard InChI is InChI=1S/C11H9NO4.H3N/c13-9-6-8(11(15)12(9)16)10(14)7-4-2-1-3-5-7;/h1-5,8,16H,6H2;1H3. The van der Waals surface area contributed by atoms with E-state index in [-0.39, 0.29) is 17.6 Å². The van der Waals surface area contributed by atoms with Crippen LogP contribution in [0.25, 0.3) is 0 Å². The van der Waals surface area contributed by atoms with Gasteiger partial charge in [0, 0.05) is 12.0 Å². The first-order valence-corrected chi connectivity index (χ1v) is 4.76. The van der Waals surface area contributed by atoms with Gasteiger partial charge in [-0.25, -0.2) is 0 Å². The third kappa shape index (κ3) is 2.22. The maximum absolute atomic E-state index is 11.8. The summed E-state index contributed by atoms with van der Waals surface area (Å²) in [6.07, 6.45) is -0.261. The van der Waals surface area contributed by atoms with Gasteiger partial charge in [-0.2, -0.15) is 5.06 Å². The van der Waals surface area contributed by atoms with Crippen molar-refractivity contribution in [1.82, 2.24) is 11.2 Å². The van der Waals surface area contributed by atoms with E-state index in [9.17, 15) is 14.4 Å². The van der Waals surface area contributed by atoms with E-state index in [1.54, 1.807) is 30.3 Å². The summed E-state index contributed by atoms with van der Waals surface area (Å²) in [6.45, 7) is 0. The van der Waals surface area contributed by atoms with Gasteiger partial charge in [0.25, 0.3) is 11.8 Å². The second-order valence-electron chi connectivity index (χ2n) is 3.53. The number of rotatable bonds is 2. The lowest BCUT2D eigenvalue weighted by Gasteiger charge is -2.06. The third-order valence-corrected chi connectivity index (χ3v) is 2.50. The van der Waals surface area contributed by atoms with Crippen molar-refractivity contribution in [2.45, 2.75) is 6.42 Å². The molecule has 1 aliphatic heterocycles. The highest BCUT2D eigenvalue weighted by molar-refractivity contribution is 6.17. The Hall–Kier alpha value is -2.05. The maximum atomic E-state index is 11.8. The van der Waals surface area contributed by atoms with Crippen molar-refractivity contribution in [2.75, 3.05) is 0 Å². The van der Waals surface area contributed by atoms with Crippen LogP contribution < -0.4 is 6.15 Å². The van der Waals surface area contributed by atoms with Crippen LogP contribution in [0.4, 0.5) is 0 Å². The monoisotopic (exact) mass is 236 g/mol. The van der Waals surface area contributed by atoms with Crippen LogP contribution >= 0.6 is 0 Å². The van der Waals surface area contributed by atoms with E-state index in [0.29, 0.717) is 5.56 Å². The smallest absolute Gasteiger partial charge is 0.264 e. The van der Waals surface area contributed by atoms with Gasteiger partial charge in [-0.05, 0) is 0 Å². The van der Waals surface area contributed by atoms with E-state index in [1.165, 1.54) is 0 Å². The Morgan fingerprint density at radius 2 is 1.82 bits per heavy atom. The minimum absolute atomic E-state index is 0. The second kappa shape index (κ2) is 4.86. The Bertz CT molecular complexity index is 458. The molecule has 0 aromatic heterocycles. The van der Waals surface area contributed by atoms with Gasteiger partial charge in [-0.1, -0.05) is 30.3 Å². The van der Waals surface area contributed by atoms with Gasteiger partial charge in [0.2, 0.25) is 0 Å². The van der Waals surface area contributed by atoms with E-state index >= 15 is 0 Å². The minimum atomic E-state index is -1.08. The zero-order valence-corrected chi connectivity index (χ0v) is 9.00. The zero-order valence-electron chi connectivity index (χ0n) is 9.00. The van der Waals surface area contributed by atoms with Crippen molar-refractivity contribution in [2.24, 2.45) is 5.92 Å². The molecule has 1 aromatic rings. The average Bonchev–Trinajstić information content (AvgIpc) is 2.57. The minimum Gasteiger partial charge on any atom is -0.344 e. The number of ketones is 1. The first kappa shape index (κ1) is 13.0. The van der Waals surface area contributed by atoms with Gasteiger partial charge >= 0.3 is 0 Å². The first-order valence-electron chi connectivity index (χ1n) is 4.76. The molecule has 1 heterocycles. The molecule has 0 bridgehead atoms. The maximum Gasteiger partial charge on any atom is 0.264 e. The number of hydroxylamine groups is 2. The Labute approximate surface area is 97.4 Å². The van der Waals surface area contributed by atoms with Crippen molar-refractivity contribution in [3.8, 4) is 0 Å². The molecule has 0 spiro atoms. The molecule has 1 saturated heterocycles. The molecular formula is C11H12N2O4. The van der Waals surface area contributed by atoms with Crippen molar-refractivity contribution in [3.63, 3.8) is 0 Å². The number of benzene rings is 1. The summed E-state index contributed by atoms with van der Waals surface area (Å²) in [6, 6.07) is 8.23. The topological polar surface area (TPSA) is 110 Å². The molecule has 17 heavy (non-hydrogen) atoms. The molecule has 1 aromatic carbocycles. The largest absolute Gasteiger partial charge is 0.344 e. The molecule has 1 atom stereocenters. The van der Waals surface area contributed by atoms with Crippen LogP contribution in [0.3, 0.4) is 0 Å². The normalized spacial score (nSPS) is 19.1. The van der Waals surface area contributed by atoms with E-state index < -0.39 is 23.5 Å². The van der Waals surface area contributed by atoms with Crippen LogP contribution in [0.1, 0.15) is 16.8 Å². The Morgan fingerprint density at radius 3 is 2.29 bits per heavy atom. The predicted molar refractivity (Wildman–Crippen MR) is 57.5 cm³/mol. The number of imide groups is 1. The quantitative estimate of drug-likeness (QED) is 0.341. The Kier molecular flexibility index (Phi) is 3.72. The predicted octanol–water partition coefficient (Wildman–Crippen LogP) is 0.796. The van der Waals surface area contributed by atoms with Gasteiger partial charge in [-0.3, -0.25) is 19.6 Å². The number of carbonyl (C=O) groups is 3. The molecule has 0 aliphatic carbocycles. The van der Waals surface area contributed by atoms with Gasteiger partial charge < -0.3 is 6.15 Å². The lowest BCUT2D eigenvalue weighted by molar-refractivity contribution is -0.171. The number of hydrogen-bond acceptors (Lipinski definition) is 5. The summed E-state index contributed by atoms with van der Waals surface area (Å²) in [7, 11) is 0. The Balaban J connectivity index is 0.00000144. The highest BCUT2D eigenvalue weighted by atomic mass is 16.5. The molecule has 6 heteroatoms. The summed E-state index contributed by atoms with van der Waals surface area (Å²) < 4.78 is 0. The molecule has 0 saturated carbocycles. The van der Waals surface area contributed by atoms with Gasteiger partial charge in [0.15, 0.2) is 5.78 Å². The van der Waals surface area contributed by atoms with Crippen LogP contribution in [0.15, 0.2) is 30.3 Å². The number of amides is 2. The molecule has 1 unspecified atom stereocenters. The molecule has 2 amide bonds. The van der Waals surface area contributed by atoms with E-state index in [4.69, 9.17) is 5.21 Å². The summed E-state index contributed by atoms with van der Waals surface area (Å²) in [5, 5.41) is 9.03. The fourth-order valence-corrected chi connectivity index (χ4v) is 1.63. The van der Waals surface area contributed by atoms with Gasteiger partial charge in [0.05, 0.1) is 0 Å². The van der Waals surface area contributed by atoms with E-state index in [1.807, 2.05) is 0 Å². The van der Waals surface area contributed by atoms with Crippen LogP contribution in [0.5, 0.6) is 0 Å². The average molecular weight is 236 g/mol. The fraction of sp³-hybridized carbons (Fsp3) is 0.182.